The second kappa shape index (κ2) is 6.76. The topological polar surface area (TPSA) is 55.8 Å². The van der Waals surface area contributed by atoms with Crippen LogP contribution < -0.4 is 4.74 Å². The number of nitrogens with zero attached hydrogens (tertiary/aromatic N) is 1. The van der Waals surface area contributed by atoms with Crippen molar-refractivity contribution in [3.05, 3.63) is 29.8 Å². The third-order valence-electron chi connectivity index (χ3n) is 2.50. The van der Waals surface area contributed by atoms with Gasteiger partial charge in [0.1, 0.15) is 5.75 Å². The number of hydroxylamine groups is 2. The minimum absolute atomic E-state index is 0.248. The lowest BCUT2D eigenvalue weighted by Gasteiger charge is -2.07. The zero-order valence-corrected chi connectivity index (χ0v) is 10.8. The van der Waals surface area contributed by atoms with Crippen LogP contribution in [0.3, 0.4) is 0 Å². The molecule has 0 radical (unpaired) electrons. The number of hydrogen-bond donors (Lipinski definition) is 0. The van der Waals surface area contributed by atoms with Crippen LogP contribution in [-0.2, 0) is 14.4 Å². The molecule has 0 aliphatic carbocycles. The maximum absolute atomic E-state index is 10.6. The van der Waals surface area contributed by atoms with Crippen LogP contribution in [0.2, 0.25) is 0 Å². The van der Waals surface area contributed by atoms with E-state index in [0.717, 1.165) is 10.8 Å². The summed E-state index contributed by atoms with van der Waals surface area (Å²) in [6.07, 6.45) is 0.569. The average Bonchev–Trinajstić information content (AvgIpc) is 2.70. The van der Waals surface area contributed by atoms with Crippen LogP contribution in [0.25, 0.3) is 0 Å². The fourth-order valence-electron chi connectivity index (χ4n) is 1.55. The molecule has 0 spiro atoms. The third-order valence-corrected chi connectivity index (χ3v) is 2.50. The van der Waals surface area contributed by atoms with E-state index in [4.69, 9.17) is 4.74 Å². The number of imide groups is 1. The third kappa shape index (κ3) is 3.56. The fourth-order valence-corrected chi connectivity index (χ4v) is 1.55. The molecule has 1 saturated heterocycles. The van der Waals surface area contributed by atoms with E-state index in [1.165, 1.54) is 12.7 Å². The van der Waals surface area contributed by atoms with Crippen molar-refractivity contribution in [2.75, 3.05) is 14.2 Å². The molecule has 98 valence electrons. The van der Waals surface area contributed by atoms with Crippen LogP contribution in [0.5, 0.6) is 5.75 Å². The van der Waals surface area contributed by atoms with Gasteiger partial charge in [0.15, 0.2) is 0 Å². The highest BCUT2D eigenvalue weighted by atomic mass is 16.7. The van der Waals surface area contributed by atoms with E-state index in [-0.39, 0.29) is 24.7 Å². The second-order valence-electron chi connectivity index (χ2n) is 3.73. The molecule has 0 atom stereocenters. The smallest absolute Gasteiger partial charge is 0.253 e. The summed E-state index contributed by atoms with van der Waals surface area (Å²) in [7, 11) is 2.99. The molecular formula is C13H17NO4. The summed E-state index contributed by atoms with van der Waals surface area (Å²) in [5.74, 6) is 0.461. The van der Waals surface area contributed by atoms with Gasteiger partial charge in [0.2, 0.25) is 0 Å². The molecule has 0 aromatic heterocycles. The molecular weight excluding hydrogens is 234 g/mol. The zero-order valence-electron chi connectivity index (χ0n) is 10.8. The maximum atomic E-state index is 10.6. The molecule has 1 fully saturated rings. The summed E-state index contributed by atoms with van der Waals surface area (Å²) in [5.41, 5.74) is 1.18. The largest absolute Gasteiger partial charge is 0.496 e. The highest BCUT2D eigenvalue weighted by molar-refractivity contribution is 6.00. The van der Waals surface area contributed by atoms with Crippen LogP contribution in [0, 0.1) is 6.92 Å². The van der Waals surface area contributed by atoms with Crippen molar-refractivity contribution in [3.63, 3.8) is 0 Å². The summed E-state index contributed by atoms with van der Waals surface area (Å²) in [4.78, 5) is 25.7. The molecule has 5 nitrogen and oxygen atoms in total. The molecule has 18 heavy (non-hydrogen) atoms. The van der Waals surface area contributed by atoms with Gasteiger partial charge in [-0.1, -0.05) is 18.2 Å². The Morgan fingerprint density at radius 3 is 1.94 bits per heavy atom. The Labute approximate surface area is 106 Å². The number of carbonyl (C=O) groups is 2. The first-order valence-electron chi connectivity index (χ1n) is 5.59. The molecule has 2 amide bonds. The van der Waals surface area contributed by atoms with Crippen LogP contribution in [0.1, 0.15) is 18.4 Å². The van der Waals surface area contributed by atoms with Gasteiger partial charge < -0.3 is 4.74 Å². The number of aryl methyl sites for hydroxylation is 1. The highest BCUT2D eigenvalue weighted by Crippen LogP contribution is 2.14. The van der Waals surface area contributed by atoms with Crippen LogP contribution in [0.15, 0.2) is 24.3 Å². The Bertz CT molecular complexity index is 415. The molecule has 2 rings (SSSR count). The van der Waals surface area contributed by atoms with E-state index in [1.54, 1.807) is 7.11 Å². The zero-order chi connectivity index (χ0) is 13.5. The van der Waals surface area contributed by atoms with Crippen LogP contribution in [0.4, 0.5) is 0 Å². The average molecular weight is 251 g/mol. The van der Waals surface area contributed by atoms with Crippen molar-refractivity contribution in [1.29, 1.82) is 0 Å². The number of benzene rings is 1. The van der Waals surface area contributed by atoms with Gasteiger partial charge in [-0.3, -0.25) is 14.4 Å². The van der Waals surface area contributed by atoms with Gasteiger partial charge in [0.25, 0.3) is 11.8 Å². The predicted molar refractivity (Wildman–Crippen MR) is 65.8 cm³/mol. The van der Waals surface area contributed by atoms with Crippen molar-refractivity contribution >= 4 is 11.8 Å². The minimum Gasteiger partial charge on any atom is -0.496 e. The number of hydrogen-bond acceptors (Lipinski definition) is 4. The maximum Gasteiger partial charge on any atom is 0.253 e. The Balaban J connectivity index is 0.000000180. The SMILES string of the molecule is CON1C(=O)CCC1=O.COc1ccccc1C. The number of rotatable bonds is 2. The van der Waals surface area contributed by atoms with Gasteiger partial charge in [0.05, 0.1) is 14.2 Å². The van der Waals surface area contributed by atoms with Crippen LogP contribution >= 0.6 is 0 Å². The monoisotopic (exact) mass is 251 g/mol. The van der Waals surface area contributed by atoms with Crippen molar-refractivity contribution < 1.29 is 19.2 Å². The number of ether oxygens (including phenoxy) is 1. The van der Waals surface area contributed by atoms with E-state index < -0.39 is 0 Å². The lowest BCUT2D eigenvalue weighted by Crippen LogP contribution is -2.27. The quantitative estimate of drug-likeness (QED) is 0.751. The number of methoxy groups -OCH3 is 1. The van der Waals surface area contributed by atoms with Gasteiger partial charge in [-0.2, -0.15) is 5.06 Å². The Morgan fingerprint density at radius 1 is 1.06 bits per heavy atom. The minimum atomic E-state index is -0.248. The fraction of sp³-hybridized carbons (Fsp3) is 0.385. The molecule has 1 heterocycles. The first-order chi connectivity index (χ1) is 8.60. The first kappa shape index (κ1) is 14.2. The molecule has 1 aromatic rings. The summed E-state index contributed by atoms with van der Waals surface area (Å²) < 4.78 is 5.04. The summed E-state index contributed by atoms with van der Waals surface area (Å²) in [5, 5.41) is 0.792. The molecule has 1 aromatic carbocycles. The van der Waals surface area contributed by atoms with Crippen molar-refractivity contribution in [2.45, 2.75) is 19.8 Å². The van der Waals surface area contributed by atoms with E-state index in [1.807, 2.05) is 31.2 Å². The molecule has 1 aliphatic heterocycles. The van der Waals surface area contributed by atoms with Gasteiger partial charge in [-0.25, -0.2) is 0 Å². The van der Waals surface area contributed by atoms with Crippen molar-refractivity contribution in [3.8, 4) is 5.75 Å². The highest BCUT2D eigenvalue weighted by Gasteiger charge is 2.28. The number of amides is 2. The summed E-state index contributed by atoms with van der Waals surface area (Å²) in [6, 6.07) is 7.94. The summed E-state index contributed by atoms with van der Waals surface area (Å²) in [6.45, 7) is 2.03. The molecule has 5 heteroatoms. The van der Waals surface area contributed by atoms with Gasteiger partial charge in [-0.05, 0) is 18.6 Å². The molecule has 0 unspecified atom stereocenters. The lowest BCUT2D eigenvalue weighted by molar-refractivity contribution is -0.179. The van der Waals surface area contributed by atoms with E-state index in [0.29, 0.717) is 0 Å². The van der Waals surface area contributed by atoms with Crippen molar-refractivity contribution in [1.82, 2.24) is 5.06 Å². The number of carbonyl (C=O) groups excluding carboxylic acids is 2. The predicted octanol–water partition coefficient (Wildman–Crippen LogP) is 1.70. The molecule has 0 N–H and O–H groups in total. The van der Waals surface area contributed by atoms with Crippen LogP contribution in [-0.4, -0.2) is 31.1 Å². The van der Waals surface area contributed by atoms with Gasteiger partial charge in [0, 0.05) is 12.8 Å². The second-order valence-corrected chi connectivity index (χ2v) is 3.73. The molecule has 0 bridgehead atoms. The van der Waals surface area contributed by atoms with E-state index >= 15 is 0 Å². The van der Waals surface area contributed by atoms with E-state index in [2.05, 4.69) is 4.84 Å². The van der Waals surface area contributed by atoms with Crippen molar-refractivity contribution in [2.24, 2.45) is 0 Å². The van der Waals surface area contributed by atoms with Gasteiger partial charge >= 0.3 is 0 Å². The van der Waals surface area contributed by atoms with Gasteiger partial charge in [-0.15, -0.1) is 0 Å². The Kier molecular flexibility index (Phi) is 5.32. The molecule has 0 saturated carbocycles. The first-order valence-corrected chi connectivity index (χ1v) is 5.59. The lowest BCUT2D eigenvalue weighted by atomic mass is 10.2. The normalized spacial score (nSPS) is 14.3. The Hall–Kier alpha value is -1.88. The standard InChI is InChI=1S/C8H10O.C5H7NO3/c1-7-5-3-4-6-8(7)9-2;1-9-6-4(7)2-3-5(6)8/h3-6H,1-2H3;2-3H2,1H3. The molecule has 1 aliphatic rings. The summed E-state index contributed by atoms with van der Waals surface area (Å²) >= 11 is 0. The number of para-hydroxylation sites is 1. The Morgan fingerprint density at radius 2 is 1.61 bits per heavy atom. The van der Waals surface area contributed by atoms with E-state index in [9.17, 15) is 9.59 Å².